The molecule has 0 amide bonds. The lowest BCUT2D eigenvalue weighted by molar-refractivity contribution is 0.483. The van der Waals surface area contributed by atoms with Gasteiger partial charge in [-0.15, -0.1) is 0 Å². The smallest absolute Gasteiger partial charge is 0.137 e. The van der Waals surface area contributed by atoms with E-state index in [2.05, 4.69) is 141 Å². The Morgan fingerprint density at radius 1 is 0.562 bits per heavy atom. The Morgan fingerprint density at radius 3 is 2.19 bits per heavy atom. The zero-order valence-corrected chi connectivity index (χ0v) is 28.0. The van der Waals surface area contributed by atoms with Crippen molar-refractivity contribution in [3.05, 3.63) is 156 Å². The van der Waals surface area contributed by atoms with Crippen molar-refractivity contribution in [3.63, 3.8) is 0 Å². The number of hydrogen-bond donors (Lipinski definition) is 0. The van der Waals surface area contributed by atoms with Gasteiger partial charge < -0.3 is 4.74 Å². The Bertz CT molecular complexity index is 2440. The average molecular weight is 627 g/mol. The van der Waals surface area contributed by atoms with Crippen molar-refractivity contribution >= 4 is 32.7 Å². The van der Waals surface area contributed by atoms with Gasteiger partial charge in [-0.05, 0) is 76.7 Å². The summed E-state index contributed by atoms with van der Waals surface area (Å²) in [6, 6.07) is 44.6. The van der Waals surface area contributed by atoms with Crippen LogP contribution < -0.4 is 4.74 Å². The predicted octanol–water partition coefficient (Wildman–Crippen LogP) is 10.9. The molecular weight excluding hydrogens is 589 g/mol. The molecule has 0 saturated carbocycles. The fourth-order valence-electron chi connectivity index (χ4n) is 6.72. The van der Waals surface area contributed by atoms with Gasteiger partial charge in [0.25, 0.3) is 0 Å². The molecule has 0 saturated heterocycles. The summed E-state index contributed by atoms with van der Waals surface area (Å²) in [5.41, 5.74) is 7.77. The van der Waals surface area contributed by atoms with Crippen molar-refractivity contribution in [2.24, 2.45) is 0 Å². The standard InChI is InChI=1S/C43H38N4O/c1-42(2,3)31-22-23-44-41(25-31)46-39-21-18-32(43(4,5)30-13-7-6-8-14-30)24-37(39)36-20-19-35(27-40(36)46)48-34-16-11-15-33(26-34)47-38-17-10-9-12-29(38)28-45-47/h6-28H,1-5H3. The number of ether oxygens (including phenoxy) is 1. The first-order valence-corrected chi connectivity index (χ1v) is 16.5. The Labute approximate surface area is 281 Å². The van der Waals surface area contributed by atoms with E-state index < -0.39 is 0 Å². The zero-order chi connectivity index (χ0) is 33.0. The van der Waals surface area contributed by atoms with Gasteiger partial charge in [-0.1, -0.05) is 95.3 Å². The molecule has 0 radical (unpaired) electrons. The second-order valence-electron chi connectivity index (χ2n) is 14.1. The summed E-state index contributed by atoms with van der Waals surface area (Å²) in [6.45, 7) is 11.3. The quantitative estimate of drug-likeness (QED) is 0.184. The minimum Gasteiger partial charge on any atom is -0.457 e. The molecule has 5 nitrogen and oxygen atoms in total. The SMILES string of the molecule is CC(C)(C)c1ccnc(-n2c3ccc(C(C)(C)c4ccccc4)cc3c3ccc(Oc4cccc(-n5ncc6ccccc65)c4)cc32)c1. The molecule has 0 N–H and O–H groups in total. The Kier molecular flexibility index (Phi) is 6.95. The van der Waals surface area contributed by atoms with Gasteiger partial charge in [0.2, 0.25) is 0 Å². The molecule has 0 aliphatic rings. The first-order valence-electron chi connectivity index (χ1n) is 16.5. The normalized spacial score (nSPS) is 12.3. The van der Waals surface area contributed by atoms with Crippen molar-refractivity contribution in [2.45, 2.75) is 45.4 Å². The zero-order valence-electron chi connectivity index (χ0n) is 28.0. The second-order valence-corrected chi connectivity index (χ2v) is 14.1. The fraction of sp³-hybridized carbons (Fsp3) is 0.163. The van der Waals surface area contributed by atoms with Gasteiger partial charge in [-0.25, -0.2) is 9.67 Å². The third kappa shape index (κ3) is 5.12. The summed E-state index contributed by atoms with van der Waals surface area (Å²) < 4.78 is 10.8. The minimum atomic E-state index is -0.164. The maximum absolute atomic E-state index is 6.56. The molecule has 0 unspecified atom stereocenters. The molecule has 0 atom stereocenters. The van der Waals surface area contributed by atoms with Crippen LogP contribution in [0.1, 0.15) is 51.3 Å². The molecule has 5 aromatic carbocycles. The lowest BCUT2D eigenvalue weighted by atomic mass is 9.78. The summed E-state index contributed by atoms with van der Waals surface area (Å²) in [6.07, 6.45) is 3.82. The minimum absolute atomic E-state index is 0.0114. The van der Waals surface area contributed by atoms with Crippen molar-refractivity contribution in [3.8, 4) is 23.0 Å². The van der Waals surface area contributed by atoms with Gasteiger partial charge in [-0.2, -0.15) is 5.10 Å². The highest BCUT2D eigenvalue weighted by atomic mass is 16.5. The number of hydrogen-bond acceptors (Lipinski definition) is 3. The highest BCUT2D eigenvalue weighted by molar-refractivity contribution is 6.09. The molecule has 0 fully saturated rings. The van der Waals surface area contributed by atoms with Crippen LogP contribution in [0.3, 0.4) is 0 Å². The summed E-state index contributed by atoms with van der Waals surface area (Å²) in [5.74, 6) is 2.39. The monoisotopic (exact) mass is 626 g/mol. The molecule has 5 heteroatoms. The van der Waals surface area contributed by atoms with Gasteiger partial charge in [0, 0.05) is 39.9 Å². The van der Waals surface area contributed by atoms with E-state index >= 15 is 0 Å². The lowest BCUT2D eigenvalue weighted by Gasteiger charge is -2.26. The van der Waals surface area contributed by atoms with Gasteiger partial charge >= 0.3 is 0 Å². The van der Waals surface area contributed by atoms with Crippen LogP contribution in [0.4, 0.5) is 0 Å². The molecule has 0 spiro atoms. The van der Waals surface area contributed by atoms with Gasteiger partial charge in [0.1, 0.15) is 17.3 Å². The van der Waals surface area contributed by atoms with Crippen LogP contribution in [0, 0.1) is 0 Å². The third-order valence-electron chi connectivity index (χ3n) is 9.57. The first kappa shape index (κ1) is 29.7. The molecule has 0 aliphatic heterocycles. The Balaban J connectivity index is 1.26. The van der Waals surface area contributed by atoms with Crippen LogP contribution in [-0.4, -0.2) is 19.3 Å². The van der Waals surface area contributed by atoms with Gasteiger partial charge in [0.15, 0.2) is 0 Å². The molecule has 8 rings (SSSR count). The predicted molar refractivity (Wildman–Crippen MR) is 197 cm³/mol. The molecule has 0 bridgehead atoms. The number of pyridine rings is 1. The van der Waals surface area contributed by atoms with E-state index in [0.29, 0.717) is 0 Å². The van der Waals surface area contributed by atoms with E-state index in [0.717, 1.165) is 50.3 Å². The molecule has 3 aromatic heterocycles. The van der Waals surface area contributed by atoms with E-state index in [4.69, 9.17) is 9.72 Å². The number of rotatable bonds is 6. The van der Waals surface area contributed by atoms with Crippen LogP contribution >= 0.6 is 0 Å². The summed E-state index contributed by atoms with van der Waals surface area (Å²) in [7, 11) is 0. The summed E-state index contributed by atoms with van der Waals surface area (Å²) in [4.78, 5) is 4.91. The highest BCUT2D eigenvalue weighted by Gasteiger charge is 2.25. The molecule has 3 heterocycles. The van der Waals surface area contributed by atoms with Crippen molar-refractivity contribution < 1.29 is 4.74 Å². The molecule has 236 valence electrons. The number of nitrogens with zero attached hydrogens (tertiary/aromatic N) is 4. The number of fused-ring (bicyclic) bond motifs is 4. The molecule has 0 aliphatic carbocycles. The fourth-order valence-corrected chi connectivity index (χ4v) is 6.72. The van der Waals surface area contributed by atoms with Crippen LogP contribution in [0.5, 0.6) is 11.5 Å². The van der Waals surface area contributed by atoms with Crippen molar-refractivity contribution in [1.82, 2.24) is 19.3 Å². The van der Waals surface area contributed by atoms with E-state index in [1.165, 1.54) is 22.1 Å². The van der Waals surface area contributed by atoms with Crippen LogP contribution in [-0.2, 0) is 10.8 Å². The summed E-state index contributed by atoms with van der Waals surface area (Å²) in [5, 5.41) is 8.09. The van der Waals surface area contributed by atoms with E-state index in [9.17, 15) is 0 Å². The van der Waals surface area contributed by atoms with E-state index in [-0.39, 0.29) is 10.8 Å². The summed E-state index contributed by atoms with van der Waals surface area (Å²) >= 11 is 0. The number of benzene rings is 5. The van der Waals surface area contributed by atoms with Crippen LogP contribution in [0.2, 0.25) is 0 Å². The van der Waals surface area contributed by atoms with Crippen molar-refractivity contribution in [2.75, 3.05) is 0 Å². The maximum atomic E-state index is 6.56. The van der Waals surface area contributed by atoms with Crippen LogP contribution in [0.15, 0.2) is 140 Å². The maximum Gasteiger partial charge on any atom is 0.137 e. The molecule has 48 heavy (non-hydrogen) atoms. The van der Waals surface area contributed by atoms with Crippen molar-refractivity contribution in [1.29, 1.82) is 0 Å². The third-order valence-corrected chi connectivity index (χ3v) is 9.57. The van der Waals surface area contributed by atoms with E-state index in [1.54, 1.807) is 0 Å². The Morgan fingerprint density at radius 2 is 1.35 bits per heavy atom. The van der Waals surface area contributed by atoms with Gasteiger partial charge in [0.05, 0.1) is 28.4 Å². The second kappa shape index (κ2) is 11.2. The molecular formula is C43H38N4O. The molecule has 8 aromatic rings. The largest absolute Gasteiger partial charge is 0.457 e. The lowest BCUT2D eigenvalue weighted by Crippen LogP contribution is -2.18. The van der Waals surface area contributed by atoms with Gasteiger partial charge in [-0.3, -0.25) is 4.57 Å². The average Bonchev–Trinajstić information content (AvgIpc) is 3.67. The first-order chi connectivity index (χ1) is 23.2. The Hall–Kier alpha value is -5.68. The highest BCUT2D eigenvalue weighted by Crippen LogP contribution is 2.39. The topological polar surface area (TPSA) is 44.9 Å². The number of para-hydroxylation sites is 1. The van der Waals surface area contributed by atoms with Crippen LogP contribution in [0.25, 0.3) is 44.2 Å². The number of aromatic nitrogens is 4. The van der Waals surface area contributed by atoms with E-state index in [1.807, 2.05) is 47.4 Å².